The van der Waals surface area contributed by atoms with Gasteiger partial charge in [-0.05, 0) is 12.1 Å². The van der Waals surface area contributed by atoms with Crippen LogP contribution in [0.5, 0.6) is 0 Å². The topological polar surface area (TPSA) is 50.4 Å². The van der Waals surface area contributed by atoms with Crippen molar-refractivity contribution in [2.75, 3.05) is 0 Å². The first-order valence-corrected chi connectivity index (χ1v) is 3.07. The van der Waals surface area contributed by atoms with Gasteiger partial charge >= 0.3 is 5.97 Å². The molecule has 0 aromatic carbocycles. The Kier molecular flexibility index (Phi) is 9.90. The third-order valence-electron chi connectivity index (χ3n) is 0.732. The van der Waals surface area contributed by atoms with Crippen LogP contribution in [0.4, 0.5) is 0 Å². The molecule has 3 heteroatoms. The van der Waals surface area contributed by atoms with Crippen molar-refractivity contribution < 1.29 is 14.3 Å². The summed E-state index contributed by atoms with van der Waals surface area (Å²) in [6.45, 7) is 12.0. The van der Waals surface area contributed by atoms with Crippen LogP contribution in [0.1, 0.15) is 10.6 Å². The summed E-state index contributed by atoms with van der Waals surface area (Å²) in [6.07, 6.45) is 1.32. The molecule has 1 aromatic rings. The van der Waals surface area contributed by atoms with Gasteiger partial charge in [0, 0.05) is 0 Å². The summed E-state index contributed by atoms with van der Waals surface area (Å²) in [7, 11) is 0. The number of rotatable bonds is 1. The molecule has 3 nitrogen and oxygen atoms in total. The van der Waals surface area contributed by atoms with Gasteiger partial charge in [0.2, 0.25) is 5.76 Å². The van der Waals surface area contributed by atoms with Gasteiger partial charge in [0.1, 0.15) is 0 Å². The van der Waals surface area contributed by atoms with E-state index in [1.165, 1.54) is 18.4 Å². The van der Waals surface area contributed by atoms with Crippen molar-refractivity contribution in [3.05, 3.63) is 50.5 Å². The van der Waals surface area contributed by atoms with E-state index in [0.29, 0.717) is 0 Å². The molecule has 0 unspecified atom stereocenters. The molecule has 0 amide bonds. The smallest absolute Gasteiger partial charge is 0.371 e. The molecule has 0 spiro atoms. The Morgan fingerprint density at radius 3 is 2.00 bits per heavy atom. The fourth-order valence-corrected chi connectivity index (χ4v) is 0.400. The van der Waals surface area contributed by atoms with Crippen LogP contribution in [0.15, 0.2) is 49.1 Å². The molecule has 0 fully saturated rings. The van der Waals surface area contributed by atoms with Gasteiger partial charge in [0.05, 0.1) is 6.26 Å². The quantitative estimate of drug-likeness (QED) is 0.655. The highest BCUT2D eigenvalue weighted by atomic mass is 16.4. The highest BCUT2D eigenvalue weighted by Crippen LogP contribution is 1.97. The Labute approximate surface area is 71.6 Å². The highest BCUT2D eigenvalue weighted by molar-refractivity contribution is 5.84. The van der Waals surface area contributed by atoms with Crippen molar-refractivity contribution in [3.8, 4) is 0 Å². The van der Waals surface area contributed by atoms with E-state index in [1.807, 2.05) is 0 Å². The van der Waals surface area contributed by atoms with Crippen LogP contribution in [-0.2, 0) is 0 Å². The highest BCUT2D eigenvalue weighted by Gasteiger charge is 2.01. The molecule has 0 radical (unpaired) electrons. The maximum atomic E-state index is 9.97. The van der Waals surface area contributed by atoms with Crippen molar-refractivity contribution in [1.29, 1.82) is 0 Å². The summed E-state index contributed by atoms with van der Waals surface area (Å²) < 4.78 is 4.50. The fraction of sp³-hybridized carbons (Fsp3) is 0. The van der Waals surface area contributed by atoms with Crippen LogP contribution in [0.25, 0.3) is 0 Å². The maximum absolute atomic E-state index is 9.97. The number of hydrogen-bond acceptors (Lipinski definition) is 2. The molecule has 1 heterocycles. The summed E-state index contributed by atoms with van der Waals surface area (Å²) in [5.41, 5.74) is 0. The number of carbonyl (C=O) groups is 1. The molecule has 0 aliphatic rings. The SMILES string of the molecule is C=C.C=C.O=C(O)c1ccco1. The summed E-state index contributed by atoms with van der Waals surface area (Å²) >= 11 is 0. The number of aromatic carboxylic acids is 1. The largest absolute Gasteiger partial charge is 0.475 e. The second kappa shape index (κ2) is 9.23. The van der Waals surface area contributed by atoms with Crippen molar-refractivity contribution in [1.82, 2.24) is 0 Å². The number of carboxylic acid groups (broad SMARTS) is 1. The number of carboxylic acids is 1. The van der Waals surface area contributed by atoms with Gasteiger partial charge in [-0.15, -0.1) is 26.3 Å². The molecular formula is C9H12O3. The standard InChI is InChI=1S/C5H4O3.2C2H4/c6-5(7)4-2-1-3-8-4;2*1-2/h1-3H,(H,6,7);2*1-2H2. The van der Waals surface area contributed by atoms with Crippen LogP contribution in [-0.4, -0.2) is 11.1 Å². The molecule has 1 rings (SSSR count). The third kappa shape index (κ3) is 5.05. The summed E-state index contributed by atoms with van der Waals surface area (Å²) in [5, 5.41) is 8.18. The van der Waals surface area contributed by atoms with Gasteiger partial charge in [-0.2, -0.15) is 0 Å². The van der Waals surface area contributed by atoms with Crippen LogP contribution in [0, 0.1) is 0 Å². The minimum atomic E-state index is -1.03. The van der Waals surface area contributed by atoms with Gasteiger partial charge in [-0.1, -0.05) is 0 Å². The van der Waals surface area contributed by atoms with Gasteiger partial charge in [0.25, 0.3) is 0 Å². The van der Waals surface area contributed by atoms with E-state index in [-0.39, 0.29) is 5.76 Å². The van der Waals surface area contributed by atoms with E-state index in [9.17, 15) is 4.79 Å². The lowest BCUT2D eigenvalue weighted by atomic mass is 10.5. The average molecular weight is 168 g/mol. The zero-order valence-corrected chi connectivity index (χ0v) is 6.82. The van der Waals surface area contributed by atoms with Gasteiger partial charge in [-0.3, -0.25) is 0 Å². The second-order valence-electron chi connectivity index (χ2n) is 1.28. The summed E-state index contributed by atoms with van der Waals surface area (Å²) in [5.74, 6) is -1.06. The van der Waals surface area contributed by atoms with Crippen LogP contribution >= 0.6 is 0 Å². The summed E-state index contributed by atoms with van der Waals surface area (Å²) in [6, 6.07) is 2.92. The normalized spacial score (nSPS) is 6.67. The van der Waals surface area contributed by atoms with Gasteiger partial charge in [0.15, 0.2) is 0 Å². The second-order valence-corrected chi connectivity index (χ2v) is 1.28. The lowest BCUT2D eigenvalue weighted by Crippen LogP contribution is -1.90. The number of furan rings is 1. The third-order valence-corrected chi connectivity index (χ3v) is 0.732. The fourth-order valence-electron chi connectivity index (χ4n) is 0.400. The minimum Gasteiger partial charge on any atom is -0.475 e. The zero-order chi connectivity index (χ0) is 9.98. The van der Waals surface area contributed by atoms with E-state index in [2.05, 4.69) is 30.7 Å². The Morgan fingerprint density at radius 1 is 1.33 bits per heavy atom. The van der Waals surface area contributed by atoms with Crippen molar-refractivity contribution in [3.63, 3.8) is 0 Å². The molecule has 0 bridgehead atoms. The molecule has 12 heavy (non-hydrogen) atoms. The van der Waals surface area contributed by atoms with Crippen molar-refractivity contribution in [2.45, 2.75) is 0 Å². The zero-order valence-electron chi connectivity index (χ0n) is 6.82. The van der Waals surface area contributed by atoms with Crippen LogP contribution < -0.4 is 0 Å². The predicted octanol–water partition coefficient (Wildman–Crippen LogP) is 2.58. The Morgan fingerprint density at radius 2 is 1.83 bits per heavy atom. The monoisotopic (exact) mass is 168 g/mol. The van der Waals surface area contributed by atoms with Crippen LogP contribution in [0.2, 0.25) is 0 Å². The lowest BCUT2D eigenvalue weighted by molar-refractivity contribution is 0.0662. The van der Waals surface area contributed by atoms with Crippen molar-refractivity contribution in [2.24, 2.45) is 0 Å². The molecule has 0 atom stereocenters. The average Bonchev–Trinajstić information content (AvgIpc) is 2.64. The Bertz CT molecular complexity index is 200. The van der Waals surface area contributed by atoms with Gasteiger partial charge < -0.3 is 9.52 Å². The molecule has 0 aliphatic carbocycles. The van der Waals surface area contributed by atoms with Crippen molar-refractivity contribution >= 4 is 5.97 Å². The van der Waals surface area contributed by atoms with Crippen LogP contribution in [0.3, 0.4) is 0 Å². The first kappa shape index (κ1) is 12.9. The number of hydrogen-bond donors (Lipinski definition) is 1. The van der Waals surface area contributed by atoms with Gasteiger partial charge in [-0.25, -0.2) is 4.79 Å². The molecular weight excluding hydrogens is 156 g/mol. The molecule has 0 saturated heterocycles. The van der Waals surface area contributed by atoms with E-state index in [4.69, 9.17) is 5.11 Å². The molecule has 1 N–H and O–H groups in total. The Balaban J connectivity index is 0. The molecule has 0 saturated carbocycles. The van der Waals surface area contributed by atoms with E-state index < -0.39 is 5.97 Å². The minimum absolute atomic E-state index is 0.0231. The molecule has 66 valence electrons. The predicted molar refractivity (Wildman–Crippen MR) is 48.2 cm³/mol. The summed E-state index contributed by atoms with van der Waals surface area (Å²) in [4.78, 5) is 9.97. The first-order chi connectivity index (χ1) is 5.80. The van der Waals surface area contributed by atoms with E-state index in [0.717, 1.165) is 0 Å². The molecule has 0 aliphatic heterocycles. The van der Waals surface area contributed by atoms with E-state index >= 15 is 0 Å². The van der Waals surface area contributed by atoms with E-state index in [1.54, 1.807) is 0 Å². The maximum Gasteiger partial charge on any atom is 0.371 e. The Hall–Kier alpha value is -1.77. The lowest BCUT2D eigenvalue weighted by Gasteiger charge is -1.79. The first-order valence-electron chi connectivity index (χ1n) is 3.07. The molecule has 1 aromatic heterocycles.